The molecule has 0 saturated heterocycles. The molecule has 0 amide bonds. The largest absolute Gasteiger partial charge is 0.295 e. The lowest BCUT2D eigenvalue weighted by Gasteiger charge is -2.02. The Labute approximate surface area is 55.8 Å². The van der Waals surface area contributed by atoms with Crippen LogP contribution in [0.3, 0.4) is 0 Å². The molecule has 1 rings (SSSR count). The van der Waals surface area contributed by atoms with Crippen LogP contribution in [-0.2, 0) is 4.79 Å². The van der Waals surface area contributed by atoms with Crippen molar-refractivity contribution in [1.29, 1.82) is 0 Å². The van der Waals surface area contributed by atoms with Crippen LogP contribution < -0.4 is 0 Å². The van der Waals surface area contributed by atoms with E-state index < -0.39 is 0 Å². The van der Waals surface area contributed by atoms with E-state index >= 15 is 0 Å². The summed E-state index contributed by atoms with van der Waals surface area (Å²) in [6.07, 6.45) is 4.32. The first-order chi connectivity index (χ1) is 4.22. The van der Waals surface area contributed by atoms with Crippen molar-refractivity contribution < 1.29 is 4.79 Å². The minimum Gasteiger partial charge on any atom is -0.295 e. The summed E-state index contributed by atoms with van der Waals surface area (Å²) in [7, 11) is 0. The van der Waals surface area contributed by atoms with Crippen LogP contribution in [0.1, 0.15) is 26.7 Å². The highest BCUT2D eigenvalue weighted by molar-refractivity contribution is 5.94. The molecule has 1 aliphatic carbocycles. The SMILES string of the molecule is CC(=O)C1=CCC[C@@H]1C. The Hall–Kier alpha value is -0.590. The van der Waals surface area contributed by atoms with Crippen LogP contribution in [0.15, 0.2) is 11.6 Å². The predicted octanol–water partition coefficient (Wildman–Crippen LogP) is 1.93. The monoisotopic (exact) mass is 124 g/mol. The maximum absolute atomic E-state index is 10.8. The first kappa shape index (κ1) is 6.53. The molecule has 1 heteroatoms. The van der Waals surface area contributed by atoms with E-state index in [2.05, 4.69) is 13.0 Å². The van der Waals surface area contributed by atoms with Gasteiger partial charge in [-0.05, 0) is 31.3 Å². The third kappa shape index (κ3) is 1.21. The van der Waals surface area contributed by atoms with Gasteiger partial charge >= 0.3 is 0 Å². The summed E-state index contributed by atoms with van der Waals surface area (Å²) < 4.78 is 0. The summed E-state index contributed by atoms with van der Waals surface area (Å²) >= 11 is 0. The number of hydrogen-bond donors (Lipinski definition) is 0. The van der Waals surface area contributed by atoms with Crippen LogP contribution in [0.25, 0.3) is 0 Å². The van der Waals surface area contributed by atoms with Crippen molar-refractivity contribution >= 4 is 5.78 Å². The molecule has 0 bridgehead atoms. The number of hydrogen-bond acceptors (Lipinski definition) is 1. The lowest BCUT2D eigenvalue weighted by atomic mass is 10.0. The van der Waals surface area contributed by atoms with Crippen molar-refractivity contribution in [2.75, 3.05) is 0 Å². The van der Waals surface area contributed by atoms with Crippen LogP contribution in [0, 0.1) is 5.92 Å². The van der Waals surface area contributed by atoms with E-state index in [0.29, 0.717) is 5.92 Å². The number of carbonyl (C=O) groups excluding carboxylic acids is 1. The highest BCUT2D eigenvalue weighted by Gasteiger charge is 2.16. The van der Waals surface area contributed by atoms with Gasteiger partial charge in [0, 0.05) is 0 Å². The topological polar surface area (TPSA) is 17.1 Å². The normalized spacial score (nSPS) is 26.0. The molecule has 0 aromatic rings. The maximum Gasteiger partial charge on any atom is 0.155 e. The number of Topliss-reactive ketones (excluding diaryl/α,β-unsaturated/α-hetero) is 1. The fourth-order valence-electron chi connectivity index (χ4n) is 1.34. The average molecular weight is 124 g/mol. The van der Waals surface area contributed by atoms with Crippen molar-refractivity contribution in [1.82, 2.24) is 0 Å². The van der Waals surface area contributed by atoms with Crippen LogP contribution in [0.5, 0.6) is 0 Å². The molecular weight excluding hydrogens is 112 g/mol. The van der Waals surface area contributed by atoms with E-state index in [1.54, 1.807) is 6.92 Å². The maximum atomic E-state index is 10.8. The molecule has 0 N–H and O–H groups in total. The molecule has 0 spiro atoms. The second-order valence-corrected chi connectivity index (χ2v) is 2.69. The molecular formula is C8H12O. The standard InChI is InChI=1S/C8H12O/c1-6-4-3-5-8(6)7(2)9/h5-6H,3-4H2,1-2H3/t6-/m0/s1. The van der Waals surface area contributed by atoms with Crippen molar-refractivity contribution in [3.05, 3.63) is 11.6 Å². The van der Waals surface area contributed by atoms with E-state index in [0.717, 1.165) is 18.4 Å². The molecule has 0 aromatic carbocycles. The van der Waals surface area contributed by atoms with Crippen molar-refractivity contribution in [3.8, 4) is 0 Å². The van der Waals surface area contributed by atoms with E-state index in [1.807, 2.05) is 0 Å². The molecule has 0 aromatic heterocycles. The molecule has 0 fully saturated rings. The van der Waals surface area contributed by atoms with Gasteiger partial charge < -0.3 is 0 Å². The minimum atomic E-state index is 0.250. The molecule has 0 saturated carbocycles. The summed E-state index contributed by atoms with van der Waals surface area (Å²) in [5.41, 5.74) is 1.04. The number of carbonyl (C=O) groups is 1. The predicted molar refractivity (Wildman–Crippen MR) is 37.2 cm³/mol. The van der Waals surface area contributed by atoms with Gasteiger partial charge in [0.15, 0.2) is 5.78 Å². The van der Waals surface area contributed by atoms with Crippen LogP contribution in [-0.4, -0.2) is 5.78 Å². The van der Waals surface area contributed by atoms with E-state index in [-0.39, 0.29) is 5.78 Å². The summed E-state index contributed by atoms with van der Waals surface area (Å²) in [5.74, 6) is 0.766. The van der Waals surface area contributed by atoms with Crippen LogP contribution >= 0.6 is 0 Å². The summed E-state index contributed by atoms with van der Waals surface area (Å²) in [6, 6.07) is 0. The van der Waals surface area contributed by atoms with E-state index in [4.69, 9.17) is 0 Å². The molecule has 0 aliphatic heterocycles. The van der Waals surface area contributed by atoms with Gasteiger partial charge in [-0.3, -0.25) is 4.79 Å². The second-order valence-electron chi connectivity index (χ2n) is 2.69. The zero-order chi connectivity index (χ0) is 6.85. The summed E-state index contributed by atoms with van der Waals surface area (Å²) in [6.45, 7) is 3.76. The van der Waals surface area contributed by atoms with Crippen LogP contribution in [0.2, 0.25) is 0 Å². The Morgan fingerprint density at radius 3 is 2.67 bits per heavy atom. The first-order valence-electron chi connectivity index (χ1n) is 3.43. The molecule has 50 valence electrons. The van der Waals surface area contributed by atoms with Gasteiger partial charge in [0.2, 0.25) is 0 Å². The Morgan fingerprint density at radius 2 is 2.44 bits per heavy atom. The third-order valence-electron chi connectivity index (χ3n) is 1.90. The number of ketones is 1. The lowest BCUT2D eigenvalue weighted by Crippen LogP contribution is -2.01. The Bertz CT molecular complexity index is 156. The number of rotatable bonds is 1. The highest BCUT2D eigenvalue weighted by atomic mass is 16.1. The van der Waals surface area contributed by atoms with Crippen molar-refractivity contribution in [2.24, 2.45) is 5.92 Å². The lowest BCUT2D eigenvalue weighted by molar-refractivity contribution is -0.114. The summed E-state index contributed by atoms with van der Waals surface area (Å²) in [4.78, 5) is 10.8. The van der Waals surface area contributed by atoms with Gasteiger partial charge in [-0.1, -0.05) is 13.0 Å². The smallest absolute Gasteiger partial charge is 0.155 e. The molecule has 1 nitrogen and oxygen atoms in total. The van der Waals surface area contributed by atoms with Crippen LogP contribution in [0.4, 0.5) is 0 Å². The molecule has 1 aliphatic rings. The minimum absolute atomic E-state index is 0.250. The third-order valence-corrected chi connectivity index (χ3v) is 1.90. The Balaban J connectivity index is 2.68. The van der Waals surface area contributed by atoms with Gasteiger partial charge in [0.1, 0.15) is 0 Å². The van der Waals surface area contributed by atoms with Gasteiger partial charge in [0.25, 0.3) is 0 Å². The zero-order valence-corrected chi connectivity index (χ0v) is 5.98. The number of allylic oxidation sites excluding steroid dienone is 2. The molecule has 0 unspecified atom stereocenters. The van der Waals surface area contributed by atoms with E-state index in [9.17, 15) is 4.79 Å². The summed E-state index contributed by atoms with van der Waals surface area (Å²) in [5, 5.41) is 0. The average Bonchev–Trinajstić information content (AvgIpc) is 2.13. The second kappa shape index (κ2) is 2.34. The van der Waals surface area contributed by atoms with Gasteiger partial charge in [-0.15, -0.1) is 0 Å². The first-order valence-corrected chi connectivity index (χ1v) is 3.43. The fraction of sp³-hybridized carbons (Fsp3) is 0.625. The molecule has 0 radical (unpaired) electrons. The van der Waals surface area contributed by atoms with Gasteiger partial charge in [0.05, 0.1) is 0 Å². The van der Waals surface area contributed by atoms with E-state index in [1.165, 1.54) is 0 Å². The Morgan fingerprint density at radius 1 is 1.78 bits per heavy atom. The van der Waals surface area contributed by atoms with Gasteiger partial charge in [-0.2, -0.15) is 0 Å². The highest BCUT2D eigenvalue weighted by Crippen LogP contribution is 2.24. The molecule has 1 atom stereocenters. The van der Waals surface area contributed by atoms with Crippen molar-refractivity contribution in [2.45, 2.75) is 26.7 Å². The molecule has 0 heterocycles. The quantitative estimate of drug-likeness (QED) is 0.522. The zero-order valence-electron chi connectivity index (χ0n) is 5.98. The van der Waals surface area contributed by atoms with Crippen molar-refractivity contribution in [3.63, 3.8) is 0 Å². The molecule has 9 heavy (non-hydrogen) atoms. The fourth-order valence-corrected chi connectivity index (χ4v) is 1.34. The van der Waals surface area contributed by atoms with Gasteiger partial charge in [-0.25, -0.2) is 0 Å². The Kier molecular flexibility index (Phi) is 1.70.